The van der Waals surface area contributed by atoms with Crippen LogP contribution in [0.3, 0.4) is 0 Å². The van der Waals surface area contributed by atoms with Gasteiger partial charge in [0, 0.05) is 25.2 Å². The molecule has 1 aliphatic rings. The molecule has 104 valence electrons. The number of amides is 1. The van der Waals surface area contributed by atoms with Gasteiger partial charge < -0.3 is 20.1 Å². The number of ether oxygens (including phenoxy) is 2. The van der Waals surface area contributed by atoms with Gasteiger partial charge in [-0.15, -0.1) is 0 Å². The van der Waals surface area contributed by atoms with Gasteiger partial charge in [-0.2, -0.15) is 0 Å². The number of benzene rings is 1. The van der Waals surface area contributed by atoms with Crippen molar-refractivity contribution in [3.63, 3.8) is 0 Å². The number of carbonyl (C=O) groups is 1. The van der Waals surface area contributed by atoms with E-state index >= 15 is 0 Å². The Bertz CT molecular complexity index is 476. The minimum Gasteiger partial charge on any atom is -0.493 e. The molecule has 1 aromatic rings. The van der Waals surface area contributed by atoms with E-state index in [0.717, 1.165) is 12.0 Å². The number of hydrogen-bond acceptors (Lipinski definition) is 4. The maximum Gasteiger partial charge on any atom is 0.227 e. The van der Waals surface area contributed by atoms with Crippen molar-refractivity contribution in [3.05, 3.63) is 23.8 Å². The summed E-state index contributed by atoms with van der Waals surface area (Å²) >= 11 is 0. The van der Waals surface area contributed by atoms with Crippen LogP contribution in [-0.4, -0.2) is 38.1 Å². The van der Waals surface area contributed by atoms with Crippen molar-refractivity contribution in [1.82, 2.24) is 4.90 Å². The Morgan fingerprint density at radius 3 is 2.63 bits per heavy atom. The van der Waals surface area contributed by atoms with Crippen LogP contribution in [0.2, 0.25) is 0 Å². The highest BCUT2D eigenvalue weighted by atomic mass is 16.5. The summed E-state index contributed by atoms with van der Waals surface area (Å²) < 4.78 is 10.6. The van der Waals surface area contributed by atoms with Gasteiger partial charge >= 0.3 is 0 Å². The summed E-state index contributed by atoms with van der Waals surface area (Å²) in [6, 6.07) is 5.68. The summed E-state index contributed by atoms with van der Waals surface area (Å²) in [6.07, 6.45) is 0.790. The summed E-state index contributed by atoms with van der Waals surface area (Å²) in [5.41, 5.74) is 6.63. The Morgan fingerprint density at radius 1 is 1.42 bits per heavy atom. The lowest BCUT2D eigenvalue weighted by Crippen LogP contribution is -2.29. The Kier molecular flexibility index (Phi) is 3.95. The first-order chi connectivity index (χ1) is 9.08. The van der Waals surface area contributed by atoms with E-state index in [-0.39, 0.29) is 17.9 Å². The zero-order valence-corrected chi connectivity index (χ0v) is 11.6. The molecule has 0 saturated heterocycles. The molecule has 0 bridgehead atoms. The van der Waals surface area contributed by atoms with Gasteiger partial charge in [0.2, 0.25) is 5.91 Å². The first kappa shape index (κ1) is 13.7. The molecular weight excluding hydrogens is 244 g/mol. The number of nitrogens with two attached hydrogens (primary N) is 1. The van der Waals surface area contributed by atoms with Gasteiger partial charge in [-0.3, -0.25) is 4.79 Å². The van der Waals surface area contributed by atoms with Crippen LogP contribution in [0.5, 0.6) is 11.5 Å². The predicted molar refractivity (Wildman–Crippen MR) is 72.1 cm³/mol. The van der Waals surface area contributed by atoms with Crippen LogP contribution in [0.1, 0.15) is 12.0 Å². The second kappa shape index (κ2) is 5.48. The Morgan fingerprint density at radius 2 is 2.11 bits per heavy atom. The van der Waals surface area contributed by atoms with Crippen molar-refractivity contribution < 1.29 is 14.3 Å². The van der Waals surface area contributed by atoms with Crippen LogP contribution in [-0.2, 0) is 11.3 Å². The van der Waals surface area contributed by atoms with E-state index < -0.39 is 0 Å². The van der Waals surface area contributed by atoms with Crippen molar-refractivity contribution in [2.75, 3.05) is 21.3 Å². The van der Waals surface area contributed by atoms with Gasteiger partial charge in [0.1, 0.15) is 0 Å². The van der Waals surface area contributed by atoms with Gasteiger partial charge in [-0.25, -0.2) is 0 Å². The van der Waals surface area contributed by atoms with E-state index in [1.54, 1.807) is 26.2 Å². The number of hydrogen-bond donors (Lipinski definition) is 1. The lowest BCUT2D eigenvalue weighted by atomic mass is 10.1. The molecule has 0 aliphatic heterocycles. The zero-order chi connectivity index (χ0) is 14.0. The summed E-state index contributed by atoms with van der Waals surface area (Å²) in [5, 5.41) is 0. The van der Waals surface area contributed by atoms with Gasteiger partial charge in [0.25, 0.3) is 0 Å². The minimum absolute atomic E-state index is 0.0124. The molecule has 5 heteroatoms. The van der Waals surface area contributed by atoms with Crippen LogP contribution in [0.15, 0.2) is 18.2 Å². The van der Waals surface area contributed by atoms with Crippen molar-refractivity contribution >= 4 is 5.91 Å². The molecule has 1 fully saturated rings. The molecule has 0 spiro atoms. The maximum atomic E-state index is 12.0. The molecular formula is C14H20N2O3. The first-order valence-electron chi connectivity index (χ1n) is 6.29. The standard InChI is InChI=1S/C14H20N2O3/c1-16(14(17)10-7-11(10)15)8-9-5-4-6-12(18-2)13(9)19-3/h4-6,10-11H,7-8,15H2,1-3H3. The normalized spacial score (nSPS) is 20.8. The molecule has 0 aromatic heterocycles. The third kappa shape index (κ3) is 2.81. The van der Waals surface area contributed by atoms with E-state index in [1.165, 1.54) is 0 Å². The highest BCUT2D eigenvalue weighted by molar-refractivity contribution is 5.82. The van der Waals surface area contributed by atoms with Gasteiger partial charge in [0.05, 0.1) is 20.1 Å². The third-order valence-electron chi connectivity index (χ3n) is 3.43. The van der Waals surface area contributed by atoms with Crippen molar-refractivity contribution in [2.45, 2.75) is 19.0 Å². The highest BCUT2D eigenvalue weighted by Gasteiger charge is 2.41. The van der Waals surface area contributed by atoms with Crippen LogP contribution >= 0.6 is 0 Å². The quantitative estimate of drug-likeness (QED) is 0.862. The molecule has 0 heterocycles. The largest absolute Gasteiger partial charge is 0.493 e. The fourth-order valence-electron chi connectivity index (χ4n) is 2.19. The maximum absolute atomic E-state index is 12.0. The van der Waals surface area contributed by atoms with Crippen LogP contribution in [0.4, 0.5) is 0 Å². The number of methoxy groups -OCH3 is 2. The number of rotatable bonds is 5. The number of nitrogens with zero attached hydrogens (tertiary/aromatic N) is 1. The second-order valence-electron chi connectivity index (χ2n) is 4.85. The summed E-state index contributed by atoms with van der Waals surface area (Å²) in [6.45, 7) is 0.489. The predicted octanol–water partition coefficient (Wildman–Crippen LogP) is 1.01. The van der Waals surface area contributed by atoms with Gasteiger partial charge in [0.15, 0.2) is 11.5 Å². The molecule has 5 nitrogen and oxygen atoms in total. The monoisotopic (exact) mass is 264 g/mol. The molecule has 0 radical (unpaired) electrons. The molecule has 2 N–H and O–H groups in total. The smallest absolute Gasteiger partial charge is 0.227 e. The van der Waals surface area contributed by atoms with E-state index in [0.29, 0.717) is 18.0 Å². The van der Waals surface area contributed by atoms with E-state index in [1.807, 2.05) is 18.2 Å². The minimum atomic E-state index is -0.0124. The Hall–Kier alpha value is -1.75. The lowest BCUT2D eigenvalue weighted by molar-refractivity contribution is -0.131. The van der Waals surface area contributed by atoms with Crippen molar-refractivity contribution in [1.29, 1.82) is 0 Å². The molecule has 1 amide bonds. The second-order valence-corrected chi connectivity index (χ2v) is 4.85. The molecule has 2 atom stereocenters. The van der Waals surface area contributed by atoms with Crippen LogP contribution in [0.25, 0.3) is 0 Å². The summed E-state index contributed by atoms with van der Waals surface area (Å²) in [7, 11) is 4.98. The molecule has 2 unspecified atom stereocenters. The van der Waals surface area contributed by atoms with E-state index in [4.69, 9.17) is 15.2 Å². The molecule has 1 aromatic carbocycles. The fourth-order valence-corrected chi connectivity index (χ4v) is 2.19. The van der Waals surface area contributed by atoms with Crippen LogP contribution in [0, 0.1) is 5.92 Å². The lowest BCUT2D eigenvalue weighted by Gasteiger charge is -2.20. The van der Waals surface area contributed by atoms with Crippen molar-refractivity contribution in [3.8, 4) is 11.5 Å². The topological polar surface area (TPSA) is 64.8 Å². The third-order valence-corrected chi connectivity index (χ3v) is 3.43. The van der Waals surface area contributed by atoms with E-state index in [2.05, 4.69) is 0 Å². The average Bonchev–Trinajstić information content (AvgIpc) is 3.14. The Labute approximate surface area is 113 Å². The Balaban J connectivity index is 2.12. The van der Waals surface area contributed by atoms with Gasteiger partial charge in [-0.1, -0.05) is 12.1 Å². The molecule has 2 rings (SSSR count). The van der Waals surface area contributed by atoms with Gasteiger partial charge in [-0.05, 0) is 12.5 Å². The van der Waals surface area contributed by atoms with Crippen LogP contribution < -0.4 is 15.2 Å². The number of para-hydroxylation sites is 1. The SMILES string of the molecule is COc1cccc(CN(C)C(=O)C2CC2N)c1OC. The van der Waals surface area contributed by atoms with E-state index in [9.17, 15) is 4.79 Å². The molecule has 1 aliphatic carbocycles. The fraction of sp³-hybridized carbons (Fsp3) is 0.500. The molecule has 1 saturated carbocycles. The molecule has 19 heavy (non-hydrogen) atoms. The summed E-state index contributed by atoms with van der Waals surface area (Å²) in [4.78, 5) is 13.7. The van der Waals surface area contributed by atoms with Crippen molar-refractivity contribution in [2.24, 2.45) is 11.7 Å². The number of carbonyl (C=O) groups excluding carboxylic acids is 1. The average molecular weight is 264 g/mol. The highest BCUT2D eigenvalue weighted by Crippen LogP contribution is 2.33. The summed E-state index contributed by atoms with van der Waals surface area (Å²) in [5.74, 6) is 1.42. The zero-order valence-electron chi connectivity index (χ0n) is 11.6. The first-order valence-corrected chi connectivity index (χ1v) is 6.29.